The second kappa shape index (κ2) is 5.90. The summed E-state index contributed by atoms with van der Waals surface area (Å²) >= 11 is 0. The molecule has 106 valence electrons. The third-order valence-corrected chi connectivity index (χ3v) is 4.02. The predicted molar refractivity (Wildman–Crippen MR) is 76.7 cm³/mol. The van der Waals surface area contributed by atoms with Crippen LogP contribution in [0.25, 0.3) is 0 Å². The fraction of sp³-hybridized carbons (Fsp3) is 0.600. The van der Waals surface area contributed by atoms with E-state index in [2.05, 4.69) is 32.2 Å². The minimum absolute atomic E-state index is 0.0407. The molecule has 2 rings (SSSR count). The van der Waals surface area contributed by atoms with Crippen LogP contribution in [0.3, 0.4) is 0 Å². The third-order valence-electron chi connectivity index (χ3n) is 4.02. The molecule has 0 radical (unpaired) electrons. The summed E-state index contributed by atoms with van der Waals surface area (Å²) in [6, 6.07) is 1.96. The largest absolute Gasteiger partial charge is 0.496 e. The van der Waals surface area contributed by atoms with E-state index >= 15 is 0 Å². The zero-order chi connectivity index (χ0) is 14.0. The van der Waals surface area contributed by atoms with Crippen molar-refractivity contribution in [2.75, 3.05) is 26.8 Å². The van der Waals surface area contributed by atoms with E-state index in [0.29, 0.717) is 0 Å². The average molecular weight is 264 g/mol. The Bertz CT molecular complexity index is 454. The summed E-state index contributed by atoms with van der Waals surface area (Å²) in [6.45, 7) is 8.71. The minimum Gasteiger partial charge on any atom is -0.496 e. The molecular formula is C15H24N2O2. The molecule has 1 aliphatic rings. The molecule has 4 heteroatoms. The number of hydrogen-bond donors (Lipinski definition) is 2. The molecule has 0 saturated carbocycles. The van der Waals surface area contributed by atoms with Gasteiger partial charge < -0.3 is 20.5 Å². The second-order valence-corrected chi connectivity index (χ2v) is 5.20. The monoisotopic (exact) mass is 264 g/mol. The lowest BCUT2D eigenvalue weighted by Gasteiger charge is -2.31. The maximum atomic E-state index is 6.43. The highest BCUT2D eigenvalue weighted by atomic mass is 16.5. The summed E-state index contributed by atoms with van der Waals surface area (Å²) in [5, 5.41) is 3.33. The molecule has 1 saturated heterocycles. The minimum atomic E-state index is -0.0996. The van der Waals surface area contributed by atoms with Crippen LogP contribution in [0.5, 0.6) is 5.75 Å². The summed E-state index contributed by atoms with van der Waals surface area (Å²) < 4.78 is 11.2. The average Bonchev–Trinajstić information content (AvgIpc) is 2.43. The predicted octanol–water partition coefficient (Wildman–Crippen LogP) is 1.61. The van der Waals surface area contributed by atoms with Crippen molar-refractivity contribution in [3.63, 3.8) is 0 Å². The van der Waals surface area contributed by atoms with Gasteiger partial charge in [0, 0.05) is 13.1 Å². The molecule has 2 unspecified atom stereocenters. The smallest absolute Gasteiger partial charge is 0.122 e. The number of benzene rings is 1. The SMILES string of the molecule is COc1cc(C)c(C(N)C2CNCCO2)c(C)c1C. The van der Waals surface area contributed by atoms with Crippen molar-refractivity contribution < 1.29 is 9.47 Å². The van der Waals surface area contributed by atoms with E-state index in [-0.39, 0.29) is 12.1 Å². The maximum absolute atomic E-state index is 6.43. The maximum Gasteiger partial charge on any atom is 0.122 e. The highest BCUT2D eigenvalue weighted by molar-refractivity contribution is 5.49. The Morgan fingerprint density at radius 3 is 2.68 bits per heavy atom. The lowest BCUT2D eigenvalue weighted by atomic mass is 9.89. The van der Waals surface area contributed by atoms with E-state index < -0.39 is 0 Å². The number of aryl methyl sites for hydroxylation is 1. The van der Waals surface area contributed by atoms with Gasteiger partial charge in [-0.2, -0.15) is 0 Å². The highest BCUT2D eigenvalue weighted by Gasteiger charge is 2.26. The Balaban J connectivity index is 2.35. The fourth-order valence-electron chi connectivity index (χ4n) is 2.79. The Morgan fingerprint density at radius 1 is 1.37 bits per heavy atom. The number of nitrogens with one attached hydrogen (secondary N) is 1. The van der Waals surface area contributed by atoms with Crippen LogP contribution in [0.4, 0.5) is 0 Å². The van der Waals surface area contributed by atoms with E-state index in [9.17, 15) is 0 Å². The number of hydrogen-bond acceptors (Lipinski definition) is 4. The molecule has 0 bridgehead atoms. The first kappa shape index (κ1) is 14.3. The summed E-state index contributed by atoms with van der Waals surface area (Å²) in [6.07, 6.45) is 0.0407. The van der Waals surface area contributed by atoms with Crippen LogP contribution in [0.1, 0.15) is 28.3 Å². The molecule has 0 aromatic heterocycles. The first-order valence-electron chi connectivity index (χ1n) is 6.78. The van der Waals surface area contributed by atoms with Gasteiger partial charge >= 0.3 is 0 Å². The van der Waals surface area contributed by atoms with Crippen LogP contribution in [0.2, 0.25) is 0 Å². The molecule has 1 aromatic rings. The molecule has 1 fully saturated rings. The van der Waals surface area contributed by atoms with Gasteiger partial charge in [0.25, 0.3) is 0 Å². The van der Waals surface area contributed by atoms with Gasteiger partial charge in [0.15, 0.2) is 0 Å². The molecule has 2 atom stereocenters. The van der Waals surface area contributed by atoms with Gasteiger partial charge in [0.05, 0.1) is 25.9 Å². The number of nitrogens with two attached hydrogens (primary N) is 1. The molecule has 0 spiro atoms. The van der Waals surface area contributed by atoms with Crippen LogP contribution in [0.15, 0.2) is 6.07 Å². The quantitative estimate of drug-likeness (QED) is 0.871. The normalized spacial score (nSPS) is 21.2. The topological polar surface area (TPSA) is 56.5 Å². The van der Waals surface area contributed by atoms with Crippen molar-refractivity contribution >= 4 is 0 Å². The van der Waals surface area contributed by atoms with Gasteiger partial charge in [0.2, 0.25) is 0 Å². The van der Waals surface area contributed by atoms with Crippen molar-refractivity contribution in [1.29, 1.82) is 0 Å². The van der Waals surface area contributed by atoms with Crippen LogP contribution in [-0.2, 0) is 4.74 Å². The Morgan fingerprint density at radius 2 is 2.11 bits per heavy atom. The van der Waals surface area contributed by atoms with E-state index in [1.807, 2.05) is 0 Å². The van der Waals surface area contributed by atoms with Crippen LogP contribution >= 0.6 is 0 Å². The van der Waals surface area contributed by atoms with Crippen LogP contribution < -0.4 is 15.8 Å². The Hall–Kier alpha value is -1.10. The summed E-state index contributed by atoms with van der Waals surface area (Å²) in [4.78, 5) is 0. The second-order valence-electron chi connectivity index (χ2n) is 5.20. The van der Waals surface area contributed by atoms with Gasteiger partial charge in [-0.25, -0.2) is 0 Å². The van der Waals surface area contributed by atoms with Gasteiger partial charge in [-0.05, 0) is 49.1 Å². The molecule has 1 aromatic carbocycles. The van der Waals surface area contributed by atoms with Gasteiger partial charge in [0.1, 0.15) is 5.75 Å². The lowest BCUT2D eigenvalue weighted by Crippen LogP contribution is -2.44. The standard InChI is InChI=1S/C15H24N2O2/c1-9-7-12(18-4)10(2)11(3)14(9)15(16)13-8-17-5-6-19-13/h7,13,15,17H,5-6,8,16H2,1-4H3. The van der Waals surface area contributed by atoms with Crippen molar-refractivity contribution in [1.82, 2.24) is 5.32 Å². The Kier molecular flexibility index (Phi) is 4.45. The lowest BCUT2D eigenvalue weighted by molar-refractivity contribution is 0.0119. The zero-order valence-corrected chi connectivity index (χ0v) is 12.2. The van der Waals surface area contributed by atoms with Crippen LogP contribution in [0, 0.1) is 20.8 Å². The van der Waals surface area contributed by atoms with Gasteiger partial charge in [-0.3, -0.25) is 0 Å². The Labute approximate surface area is 115 Å². The molecule has 1 heterocycles. The summed E-state index contributed by atoms with van der Waals surface area (Å²) in [7, 11) is 1.70. The van der Waals surface area contributed by atoms with Crippen molar-refractivity contribution in [3.05, 3.63) is 28.3 Å². The van der Waals surface area contributed by atoms with Crippen LogP contribution in [-0.4, -0.2) is 32.9 Å². The third kappa shape index (κ3) is 2.76. The molecule has 1 aliphatic heterocycles. The zero-order valence-electron chi connectivity index (χ0n) is 12.2. The molecule has 19 heavy (non-hydrogen) atoms. The first-order valence-corrected chi connectivity index (χ1v) is 6.78. The van der Waals surface area contributed by atoms with Crippen molar-refractivity contribution in [2.45, 2.75) is 32.9 Å². The molecular weight excluding hydrogens is 240 g/mol. The number of morpholine rings is 1. The van der Waals surface area contributed by atoms with Gasteiger partial charge in [-0.1, -0.05) is 0 Å². The van der Waals surface area contributed by atoms with Crippen molar-refractivity contribution in [3.8, 4) is 5.75 Å². The molecule has 0 amide bonds. The summed E-state index contributed by atoms with van der Waals surface area (Å²) in [5.41, 5.74) is 11.1. The molecule has 0 aliphatic carbocycles. The summed E-state index contributed by atoms with van der Waals surface area (Å²) in [5.74, 6) is 0.925. The first-order chi connectivity index (χ1) is 9.06. The van der Waals surface area contributed by atoms with E-state index in [4.69, 9.17) is 15.2 Å². The fourth-order valence-corrected chi connectivity index (χ4v) is 2.79. The van der Waals surface area contributed by atoms with Gasteiger partial charge in [-0.15, -0.1) is 0 Å². The molecule has 4 nitrogen and oxygen atoms in total. The van der Waals surface area contributed by atoms with Crippen molar-refractivity contribution in [2.24, 2.45) is 5.73 Å². The van der Waals surface area contributed by atoms with E-state index in [1.165, 1.54) is 16.7 Å². The molecule has 3 N–H and O–H groups in total. The van der Waals surface area contributed by atoms with E-state index in [1.54, 1.807) is 7.11 Å². The number of ether oxygens (including phenoxy) is 2. The van der Waals surface area contributed by atoms with E-state index in [0.717, 1.165) is 31.0 Å². The number of methoxy groups -OCH3 is 1. The number of rotatable bonds is 3. The highest BCUT2D eigenvalue weighted by Crippen LogP contribution is 2.32.